The average Bonchev–Trinajstić information content (AvgIpc) is 3.40. The number of amides is 2. The lowest BCUT2D eigenvalue weighted by atomic mass is 10.1. The second kappa shape index (κ2) is 7.97. The number of carbonyl (C=O) groups is 2. The Balaban J connectivity index is 1.40. The van der Waals surface area contributed by atoms with E-state index in [9.17, 15) is 28.2 Å². The third kappa shape index (κ3) is 4.15. The number of ether oxygens (including phenoxy) is 1. The largest absolute Gasteiger partial charge is 0.387 e. The third-order valence-corrected chi connectivity index (χ3v) is 5.82. The van der Waals surface area contributed by atoms with Crippen molar-refractivity contribution in [2.75, 3.05) is 12.3 Å². The Morgan fingerprint density at radius 1 is 1.35 bits per heavy atom. The molecule has 0 unspecified atom stereocenters. The van der Waals surface area contributed by atoms with Crippen LogP contribution in [0.3, 0.4) is 0 Å². The van der Waals surface area contributed by atoms with Crippen LogP contribution in [0, 0.1) is 0 Å². The third-order valence-electron chi connectivity index (χ3n) is 4.92. The Bertz CT molecular complexity index is 1120. The van der Waals surface area contributed by atoms with E-state index in [4.69, 9.17) is 14.7 Å². The minimum absolute atomic E-state index is 0.108. The number of nitrogens with one attached hydrogen (secondary N) is 2. The molecule has 0 radical (unpaired) electrons. The number of aliphatic hydroxyl groups excluding tert-OH is 2. The molecule has 2 aliphatic heterocycles. The predicted molar refractivity (Wildman–Crippen MR) is 99.8 cm³/mol. The van der Waals surface area contributed by atoms with Crippen molar-refractivity contribution < 1.29 is 37.1 Å². The molecule has 2 saturated heterocycles. The molecule has 15 nitrogen and oxygen atoms in total. The van der Waals surface area contributed by atoms with Gasteiger partial charge >= 0.3 is 10.3 Å². The van der Waals surface area contributed by atoms with Crippen LogP contribution in [0.4, 0.5) is 5.82 Å². The maximum absolute atomic E-state index is 12.0. The second-order valence-electron chi connectivity index (χ2n) is 6.99. The van der Waals surface area contributed by atoms with Gasteiger partial charge in [0.25, 0.3) is 5.91 Å². The molecule has 0 bridgehead atoms. The SMILES string of the molecule is Nc1ncnc2c1ncn2[C@@H]1O[C@H](COS(=O)(=O)NC(=O)[C@@H]2CCC(=O)N2)[C@@H](O)[C@H]1O. The van der Waals surface area contributed by atoms with Crippen molar-refractivity contribution >= 4 is 39.1 Å². The van der Waals surface area contributed by atoms with E-state index in [2.05, 4.69) is 20.3 Å². The molecule has 2 aliphatic rings. The van der Waals surface area contributed by atoms with Gasteiger partial charge in [-0.1, -0.05) is 0 Å². The molecular formula is C15H19N7O8S. The second-order valence-corrected chi connectivity index (χ2v) is 8.34. The quantitative estimate of drug-likeness (QED) is 0.288. The summed E-state index contributed by atoms with van der Waals surface area (Å²) in [6, 6.07) is -0.977. The van der Waals surface area contributed by atoms with Crippen molar-refractivity contribution in [3.8, 4) is 0 Å². The van der Waals surface area contributed by atoms with Gasteiger partial charge in [0, 0.05) is 6.42 Å². The van der Waals surface area contributed by atoms with E-state index in [0.29, 0.717) is 0 Å². The van der Waals surface area contributed by atoms with E-state index in [-0.39, 0.29) is 35.7 Å². The van der Waals surface area contributed by atoms with E-state index < -0.39 is 53.4 Å². The van der Waals surface area contributed by atoms with Crippen molar-refractivity contribution in [3.63, 3.8) is 0 Å². The first kappa shape index (κ1) is 21.3. The molecule has 0 aliphatic carbocycles. The number of hydrogen-bond donors (Lipinski definition) is 5. The van der Waals surface area contributed by atoms with Crippen molar-refractivity contribution in [2.45, 2.75) is 43.4 Å². The molecule has 4 rings (SSSR count). The highest BCUT2D eigenvalue weighted by Gasteiger charge is 2.45. The number of imidazole rings is 1. The van der Waals surface area contributed by atoms with Crippen molar-refractivity contribution in [1.29, 1.82) is 0 Å². The molecule has 2 fully saturated rings. The summed E-state index contributed by atoms with van der Waals surface area (Å²) < 4.78 is 37.4. The fraction of sp³-hybridized carbons (Fsp3) is 0.533. The highest BCUT2D eigenvalue weighted by Crippen LogP contribution is 2.32. The minimum atomic E-state index is -4.56. The Morgan fingerprint density at radius 2 is 2.13 bits per heavy atom. The summed E-state index contributed by atoms with van der Waals surface area (Å²) in [7, 11) is -4.56. The van der Waals surface area contributed by atoms with Crippen molar-refractivity contribution in [2.24, 2.45) is 0 Å². The van der Waals surface area contributed by atoms with Gasteiger partial charge in [0.15, 0.2) is 17.7 Å². The van der Waals surface area contributed by atoms with Gasteiger partial charge in [0.05, 0.1) is 12.9 Å². The van der Waals surface area contributed by atoms with Crippen LogP contribution in [0.25, 0.3) is 11.2 Å². The Kier molecular flexibility index (Phi) is 5.48. The van der Waals surface area contributed by atoms with Crippen LogP contribution in [0.1, 0.15) is 19.1 Å². The van der Waals surface area contributed by atoms with E-state index >= 15 is 0 Å². The molecule has 2 aromatic rings. The monoisotopic (exact) mass is 457 g/mol. The van der Waals surface area contributed by atoms with Crippen LogP contribution < -0.4 is 15.8 Å². The zero-order valence-electron chi connectivity index (χ0n) is 15.8. The first-order valence-electron chi connectivity index (χ1n) is 9.11. The van der Waals surface area contributed by atoms with Crippen LogP contribution >= 0.6 is 0 Å². The van der Waals surface area contributed by atoms with Gasteiger partial charge < -0.3 is 26.0 Å². The molecule has 0 aromatic carbocycles. The molecular weight excluding hydrogens is 438 g/mol. The average molecular weight is 457 g/mol. The lowest BCUT2D eigenvalue weighted by Crippen LogP contribution is -2.45. The lowest BCUT2D eigenvalue weighted by Gasteiger charge is -2.16. The number of anilines is 1. The van der Waals surface area contributed by atoms with Gasteiger partial charge in [0.1, 0.15) is 36.2 Å². The van der Waals surface area contributed by atoms with Gasteiger partial charge in [0.2, 0.25) is 5.91 Å². The zero-order valence-corrected chi connectivity index (χ0v) is 16.6. The number of rotatable bonds is 6. The Hall–Kier alpha value is -2.92. The fourth-order valence-corrected chi connectivity index (χ4v) is 4.10. The maximum atomic E-state index is 12.0. The summed E-state index contributed by atoms with van der Waals surface area (Å²) in [4.78, 5) is 35.0. The van der Waals surface area contributed by atoms with Gasteiger partial charge in [-0.05, 0) is 6.42 Å². The molecule has 168 valence electrons. The smallest absolute Gasteiger partial charge is 0.362 e. The number of nitrogens with two attached hydrogens (primary N) is 1. The molecule has 16 heteroatoms. The molecule has 2 amide bonds. The molecule has 31 heavy (non-hydrogen) atoms. The highest BCUT2D eigenvalue weighted by atomic mass is 32.2. The number of aromatic nitrogens is 4. The summed E-state index contributed by atoms with van der Waals surface area (Å²) in [6.07, 6.45) is -2.65. The van der Waals surface area contributed by atoms with Gasteiger partial charge in [-0.15, -0.1) is 0 Å². The topological polar surface area (TPSA) is 221 Å². The standard InChI is InChI=1S/C15H19N7O8S/c16-12-9-13(18-4-17-12)22(5-19-9)15-11(25)10(24)7(30-15)3-29-31(27,28)21-14(26)6-1-2-8(23)20-6/h4-7,10-11,15,24-25H,1-3H2,(H,20,23)(H,21,26)(H2,16,17,18)/t6-,7+,10+,11+,15+/m0/s1. The molecule has 5 atom stereocenters. The van der Waals surface area contributed by atoms with Crippen LogP contribution in [-0.4, -0.2) is 80.9 Å². The van der Waals surface area contributed by atoms with Crippen LogP contribution in [0.5, 0.6) is 0 Å². The van der Waals surface area contributed by atoms with Gasteiger partial charge in [-0.3, -0.25) is 18.3 Å². The normalized spacial score (nSPS) is 28.7. The molecule has 6 N–H and O–H groups in total. The van der Waals surface area contributed by atoms with Crippen molar-refractivity contribution in [1.82, 2.24) is 29.6 Å². The number of nitrogen functional groups attached to an aromatic ring is 1. The van der Waals surface area contributed by atoms with E-state index in [1.807, 2.05) is 0 Å². The summed E-state index contributed by atoms with van der Waals surface area (Å²) in [5.74, 6) is -1.20. The number of nitrogens with zero attached hydrogens (tertiary/aromatic N) is 4. The van der Waals surface area contributed by atoms with Gasteiger partial charge in [-0.25, -0.2) is 19.7 Å². The summed E-state index contributed by atoms with van der Waals surface area (Å²) in [5.41, 5.74) is 6.22. The fourth-order valence-electron chi connectivity index (χ4n) is 3.34. The van der Waals surface area contributed by atoms with E-state index in [1.165, 1.54) is 17.2 Å². The minimum Gasteiger partial charge on any atom is -0.387 e. The highest BCUT2D eigenvalue weighted by molar-refractivity contribution is 7.85. The molecule has 0 saturated carbocycles. The number of hydrogen-bond acceptors (Lipinski definition) is 12. The van der Waals surface area contributed by atoms with Gasteiger partial charge in [-0.2, -0.15) is 8.42 Å². The summed E-state index contributed by atoms with van der Waals surface area (Å²) in [5, 5.41) is 22.9. The maximum Gasteiger partial charge on any atom is 0.362 e. The first-order chi connectivity index (χ1) is 14.7. The van der Waals surface area contributed by atoms with Crippen LogP contribution in [0.15, 0.2) is 12.7 Å². The number of carbonyl (C=O) groups excluding carboxylic acids is 2. The predicted octanol–water partition coefficient (Wildman–Crippen LogP) is -3.32. The first-order valence-corrected chi connectivity index (χ1v) is 10.5. The van der Waals surface area contributed by atoms with Crippen LogP contribution in [-0.2, 0) is 28.8 Å². The summed E-state index contributed by atoms with van der Waals surface area (Å²) >= 11 is 0. The lowest BCUT2D eigenvalue weighted by molar-refractivity contribution is -0.124. The number of aliphatic hydroxyl groups is 2. The molecule has 2 aromatic heterocycles. The Labute approximate surface area is 174 Å². The van der Waals surface area contributed by atoms with E-state index in [1.54, 1.807) is 4.72 Å². The van der Waals surface area contributed by atoms with Crippen LogP contribution in [0.2, 0.25) is 0 Å². The molecule has 0 spiro atoms. The van der Waals surface area contributed by atoms with Crippen molar-refractivity contribution in [3.05, 3.63) is 12.7 Å². The zero-order chi connectivity index (χ0) is 22.3. The Morgan fingerprint density at radius 3 is 2.84 bits per heavy atom. The van der Waals surface area contributed by atoms with E-state index in [0.717, 1.165) is 0 Å². The number of fused-ring (bicyclic) bond motifs is 1. The molecule has 4 heterocycles. The summed E-state index contributed by atoms with van der Waals surface area (Å²) in [6.45, 7) is -0.696.